The molecule has 0 spiro atoms. The minimum Gasteiger partial charge on any atom is -0.462 e. The van der Waals surface area contributed by atoms with Crippen molar-refractivity contribution in [2.75, 3.05) is 39.6 Å². The monoisotopic (exact) mass is 1320 g/mol. The van der Waals surface area contributed by atoms with Gasteiger partial charge >= 0.3 is 39.5 Å². The molecule has 8 atom stereocenters. The largest absolute Gasteiger partial charge is 0.472 e. The van der Waals surface area contributed by atoms with Gasteiger partial charge in [0.2, 0.25) is 0 Å². The van der Waals surface area contributed by atoms with Gasteiger partial charge in [-0.15, -0.1) is 0 Å². The van der Waals surface area contributed by atoms with Gasteiger partial charge in [-0.2, -0.15) is 0 Å². The molecule has 0 heterocycles. The lowest BCUT2D eigenvalue weighted by Gasteiger charge is -2.21. The van der Waals surface area contributed by atoms with Gasteiger partial charge in [-0.25, -0.2) is 9.13 Å². The van der Waals surface area contributed by atoms with E-state index in [-0.39, 0.29) is 25.7 Å². The SMILES string of the molecule is CCC(C)CCCCCCCCCCCCCCCCC(=O)OC[C@H](COP(=O)(O)OC[C@@H](O)COP(=O)(O)OC[C@@H](COC(=O)CCCCCCCCC(C)CC)OC(=O)CCCCCCCCCC(C)C)OC(=O)CCCCCCCCCCC(C)CC. The van der Waals surface area contributed by atoms with E-state index in [0.29, 0.717) is 31.6 Å². The average molecular weight is 1330 g/mol. The summed E-state index contributed by atoms with van der Waals surface area (Å²) in [4.78, 5) is 72.5. The van der Waals surface area contributed by atoms with Crippen LogP contribution in [0.2, 0.25) is 0 Å². The minimum atomic E-state index is -4.95. The van der Waals surface area contributed by atoms with Crippen LogP contribution in [0, 0.1) is 23.7 Å². The van der Waals surface area contributed by atoms with Crippen molar-refractivity contribution in [1.82, 2.24) is 0 Å². The number of aliphatic hydroxyl groups is 1. The van der Waals surface area contributed by atoms with E-state index < -0.39 is 97.5 Å². The summed E-state index contributed by atoms with van der Waals surface area (Å²) in [6.07, 6.45) is 43.1. The van der Waals surface area contributed by atoms with Gasteiger partial charge in [0.05, 0.1) is 26.4 Å². The van der Waals surface area contributed by atoms with Gasteiger partial charge in [0.15, 0.2) is 12.2 Å². The van der Waals surface area contributed by atoms with Gasteiger partial charge < -0.3 is 33.8 Å². The summed E-state index contributed by atoms with van der Waals surface area (Å²) in [5, 5.41) is 10.6. The average Bonchev–Trinajstić information content (AvgIpc) is 2.19. The number of hydrogen-bond donors (Lipinski definition) is 3. The Balaban J connectivity index is 5.22. The molecule has 0 aliphatic heterocycles. The molecule has 0 radical (unpaired) electrons. The molecule has 0 rings (SSSR count). The standard InChI is InChI=1S/C71H138O17P2/c1-9-62(6)48-40-32-24-18-16-14-12-13-15-17-19-26-35-43-51-68(73)81-57-66(87-70(75)53-45-37-27-21-20-25-33-41-49-63(7)10-2)59-85-89(77,78)83-55-65(72)56-84-90(79,80)86-60-67(88-71(76)54-46-38-28-22-23-31-39-47-61(4)5)58-82-69(74)52-44-36-30-29-34-42-50-64(8)11-3/h61-67,72H,9-60H2,1-8H3,(H,77,78)(H,79,80)/t62?,63?,64?,65-,66-,67-/m1/s1. The fraction of sp³-hybridized carbons (Fsp3) is 0.944. The molecule has 5 unspecified atom stereocenters. The number of hydrogen-bond acceptors (Lipinski definition) is 15. The van der Waals surface area contributed by atoms with Crippen LogP contribution < -0.4 is 0 Å². The van der Waals surface area contributed by atoms with Gasteiger partial charge in [0.25, 0.3) is 0 Å². The molecule has 0 bridgehead atoms. The van der Waals surface area contributed by atoms with E-state index in [1.54, 1.807) is 0 Å². The van der Waals surface area contributed by atoms with Gasteiger partial charge in [-0.1, -0.05) is 299 Å². The summed E-state index contributed by atoms with van der Waals surface area (Å²) in [5.41, 5.74) is 0. The highest BCUT2D eigenvalue weighted by Crippen LogP contribution is 2.45. The molecule has 0 aliphatic rings. The Morgan fingerprint density at radius 3 is 0.789 bits per heavy atom. The minimum absolute atomic E-state index is 0.102. The molecule has 3 N–H and O–H groups in total. The zero-order valence-corrected chi connectivity index (χ0v) is 60.6. The first-order valence-electron chi connectivity index (χ1n) is 36.8. The first-order valence-corrected chi connectivity index (χ1v) is 39.8. The number of unbranched alkanes of at least 4 members (excludes halogenated alkanes) is 31. The highest BCUT2D eigenvalue weighted by molar-refractivity contribution is 7.47. The number of carbonyl (C=O) groups excluding carboxylic acids is 4. The molecule has 0 amide bonds. The van der Waals surface area contributed by atoms with Crippen molar-refractivity contribution in [3.63, 3.8) is 0 Å². The Bertz CT molecular complexity index is 1790. The van der Waals surface area contributed by atoms with Gasteiger partial charge in [0.1, 0.15) is 19.3 Å². The molecule has 90 heavy (non-hydrogen) atoms. The summed E-state index contributed by atoms with van der Waals surface area (Å²) < 4.78 is 68.3. The Hall–Kier alpha value is -1.94. The number of rotatable bonds is 68. The number of ether oxygens (including phenoxy) is 4. The molecule has 0 saturated carbocycles. The van der Waals surface area contributed by atoms with Crippen LogP contribution in [-0.4, -0.2) is 96.7 Å². The molecular formula is C71H138O17P2. The fourth-order valence-electron chi connectivity index (χ4n) is 10.6. The van der Waals surface area contributed by atoms with Gasteiger partial charge in [-0.3, -0.25) is 37.3 Å². The predicted octanol–water partition coefficient (Wildman–Crippen LogP) is 20.1. The second kappa shape index (κ2) is 60.7. The van der Waals surface area contributed by atoms with E-state index in [1.807, 2.05) is 0 Å². The van der Waals surface area contributed by atoms with E-state index in [0.717, 1.165) is 114 Å². The molecule has 0 saturated heterocycles. The molecule has 0 aromatic carbocycles. The Morgan fingerprint density at radius 2 is 0.533 bits per heavy atom. The molecular weight excluding hydrogens is 1190 g/mol. The van der Waals surface area contributed by atoms with Crippen LogP contribution >= 0.6 is 15.6 Å². The lowest BCUT2D eigenvalue weighted by molar-refractivity contribution is -0.161. The summed E-state index contributed by atoms with van der Waals surface area (Å²) in [7, 11) is -9.90. The number of aliphatic hydroxyl groups excluding tert-OH is 1. The van der Waals surface area contributed by atoms with Crippen LogP contribution in [0.5, 0.6) is 0 Å². The maximum absolute atomic E-state index is 13.0. The van der Waals surface area contributed by atoms with E-state index in [2.05, 4.69) is 55.4 Å². The quantitative estimate of drug-likeness (QED) is 0.0222. The summed E-state index contributed by atoms with van der Waals surface area (Å²) >= 11 is 0. The maximum Gasteiger partial charge on any atom is 0.472 e. The second-order valence-corrected chi connectivity index (χ2v) is 29.7. The summed E-state index contributed by atoms with van der Waals surface area (Å²) in [6, 6.07) is 0. The van der Waals surface area contributed by atoms with Crippen molar-refractivity contribution in [3.05, 3.63) is 0 Å². The maximum atomic E-state index is 13.0. The first-order chi connectivity index (χ1) is 43.2. The third-order valence-corrected chi connectivity index (χ3v) is 19.3. The van der Waals surface area contributed by atoms with Crippen molar-refractivity contribution in [1.29, 1.82) is 0 Å². The highest BCUT2D eigenvalue weighted by Gasteiger charge is 2.30. The predicted molar refractivity (Wildman–Crippen MR) is 363 cm³/mol. The van der Waals surface area contributed by atoms with Crippen molar-refractivity contribution >= 4 is 39.5 Å². The lowest BCUT2D eigenvalue weighted by Crippen LogP contribution is -2.30. The van der Waals surface area contributed by atoms with Gasteiger partial charge in [0, 0.05) is 25.7 Å². The van der Waals surface area contributed by atoms with Crippen LogP contribution in [0.3, 0.4) is 0 Å². The van der Waals surface area contributed by atoms with Gasteiger partial charge in [-0.05, 0) is 49.4 Å². The fourth-order valence-corrected chi connectivity index (χ4v) is 12.1. The molecule has 17 nitrogen and oxygen atoms in total. The van der Waals surface area contributed by atoms with E-state index in [9.17, 15) is 43.2 Å². The summed E-state index contributed by atoms with van der Waals surface area (Å²) in [5.74, 6) is 0.914. The number of phosphoric acid groups is 2. The molecule has 534 valence electrons. The van der Waals surface area contributed by atoms with Crippen molar-refractivity contribution in [2.24, 2.45) is 23.7 Å². The Labute approximate surface area is 549 Å². The molecule has 19 heteroatoms. The van der Waals surface area contributed by atoms with Crippen molar-refractivity contribution in [2.45, 2.75) is 369 Å². The number of carbonyl (C=O) groups is 4. The van der Waals surface area contributed by atoms with Crippen LogP contribution in [0.4, 0.5) is 0 Å². The van der Waals surface area contributed by atoms with E-state index in [1.165, 1.54) is 148 Å². The number of esters is 4. The van der Waals surface area contributed by atoms with Crippen molar-refractivity contribution in [3.8, 4) is 0 Å². The molecule has 0 aromatic rings. The lowest BCUT2D eigenvalue weighted by atomic mass is 9.99. The van der Waals surface area contributed by atoms with E-state index in [4.69, 9.17) is 37.0 Å². The van der Waals surface area contributed by atoms with Crippen LogP contribution in [0.15, 0.2) is 0 Å². The van der Waals surface area contributed by atoms with E-state index >= 15 is 0 Å². The Morgan fingerprint density at radius 1 is 0.311 bits per heavy atom. The van der Waals surface area contributed by atoms with Crippen molar-refractivity contribution < 1.29 is 80.2 Å². The topological polar surface area (TPSA) is 237 Å². The van der Waals surface area contributed by atoms with Crippen LogP contribution in [0.25, 0.3) is 0 Å². The molecule has 0 aliphatic carbocycles. The second-order valence-electron chi connectivity index (χ2n) is 26.8. The summed E-state index contributed by atoms with van der Waals surface area (Å²) in [6.45, 7) is 14.1. The molecule has 0 aromatic heterocycles. The third kappa shape index (κ3) is 61.0. The van der Waals surface area contributed by atoms with Crippen LogP contribution in [0.1, 0.15) is 351 Å². The Kier molecular flexibility index (Phi) is 59.4. The highest BCUT2D eigenvalue weighted by atomic mass is 31.2. The first kappa shape index (κ1) is 88.1. The zero-order chi connectivity index (χ0) is 66.8. The smallest absolute Gasteiger partial charge is 0.462 e. The third-order valence-electron chi connectivity index (χ3n) is 17.4. The molecule has 0 fully saturated rings. The number of phosphoric ester groups is 2. The zero-order valence-electron chi connectivity index (χ0n) is 58.8. The van der Waals surface area contributed by atoms with Crippen LogP contribution in [-0.2, 0) is 65.4 Å². The normalized spacial score (nSPS) is 15.2.